The van der Waals surface area contributed by atoms with Crippen LogP contribution >= 0.6 is 56.8 Å². The Morgan fingerprint density at radius 1 is 1.00 bits per heavy atom. The van der Waals surface area contributed by atoms with E-state index in [2.05, 4.69) is 52.8 Å². The first-order chi connectivity index (χ1) is 16.6. The maximum atomic E-state index is 10.3. The summed E-state index contributed by atoms with van der Waals surface area (Å²) in [6.45, 7) is 4.52. The number of aromatic nitrogens is 3. The molecule has 11 heteroatoms. The summed E-state index contributed by atoms with van der Waals surface area (Å²) >= 11 is 9.86. The van der Waals surface area contributed by atoms with Gasteiger partial charge in [-0.25, -0.2) is 4.68 Å². The van der Waals surface area contributed by atoms with E-state index in [0.29, 0.717) is 20.9 Å². The number of hydrogen-bond acceptors (Lipinski definition) is 7. The summed E-state index contributed by atoms with van der Waals surface area (Å²) in [5.41, 5.74) is 2.53. The number of aliphatic hydroxyl groups excluding tert-OH is 3. The topological polar surface area (TPSA) is 110 Å². The highest BCUT2D eigenvalue weighted by Crippen LogP contribution is 2.35. The summed E-state index contributed by atoms with van der Waals surface area (Å²) in [6, 6.07) is 13.8. The van der Waals surface area contributed by atoms with Gasteiger partial charge >= 0.3 is 0 Å². The molecule has 8 nitrogen and oxygen atoms in total. The molecular formula is C24H28ClI2N3O5. The fraction of sp³-hybridized carbons (Fsp3) is 0.417. The van der Waals surface area contributed by atoms with Crippen LogP contribution in [0.25, 0.3) is 0 Å². The van der Waals surface area contributed by atoms with Gasteiger partial charge in [-0.2, -0.15) is 0 Å². The largest absolute Gasteiger partial charge is 0.491 e. The number of hydrogen-bond donors (Lipinski definition) is 3. The molecule has 0 aliphatic heterocycles. The zero-order valence-corrected chi connectivity index (χ0v) is 24.4. The standard InChI is InChI=1S/C24H28ClI2N3O5/c1-24(2,16-5-8-22(20(26)9-16)35-13-17(32)10-25)15-3-6-19(7-4-15)34-14-18(33)11-30-21(12-31)23(27)28-29-30/h3-9,17-18,31-33H,10-14H2,1-2H3/t17-,18-/m0/s1. The number of alkyl halides is 1. The van der Waals surface area contributed by atoms with Crippen LogP contribution in [0, 0.1) is 7.27 Å². The van der Waals surface area contributed by atoms with Crippen LogP contribution < -0.4 is 9.47 Å². The molecule has 2 aromatic carbocycles. The van der Waals surface area contributed by atoms with Gasteiger partial charge in [-0.1, -0.05) is 37.3 Å². The van der Waals surface area contributed by atoms with Gasteiger partial charge in [0.2, 0.25) is 0 Å². The summed E-state index contributed by atoms with van der Waals surface area (Å²) in [5.74, 6) is 1.49. The smallest absolute Gasteiger partial charge is 0.149 e. The Bertz CT molecular complexity index is 1110. The third kappa shape index (κ3) is 7.41. The average Bonchev–Trinajstić information content (AvgIpc) is 3.20. The SMILES string of the molecule is CC(C)(c1ccc(OC[C@@H](O)Cn2nnc(I)c2CO)cc1)c1ccc(OC[C@@H](O)CCl)c(I)c1. The molecule has 0 bridgehead atoms. The quantitative estimate of drug-likeness (QED) is 0.193. The normalized spacial score (nSPS) is 13.5. The zero-order valence-electron chi connectivity index (χ0n) is 19.4. The van der Waals surface area contributed by atoms with Crippen molar-refractivity contribution in [2.24, 2.45) is 0 Å². The van der Waals surface area contributed by atoms with Crippen molar-refractivity contribution in [3.8, 4) is 11.5 Å². The molecule has 0 aliphatic carbocycles. The molecule has 3 aromatic rings. The maximum absolute atomic E-state index is 10.3. The second-order valence-electron chi connectivity index (χ2n) is 8.55. The van der Waals surface area contributed by atoms with E-state index in [-0.39, 0.29) is 37.7 Å². The highest BCUT2D eigenvalue weighted by molar-refractivity contribution is 14.1. The van der Waals surface area contributed by atoms with Gasteiger partial charge in [-0.15, -0.1) is 16.7 Å². The van der Waals surface area contributed by atoms with Crippen LogP contribution in [0.5, 0.6) is 11.5 Å². The number of halogens is 3. The van der Waals surface area contributed by atoms with Crippen molar-refractivity contribution in [1.82, 2.24) is 15.0 Å². The lowest BCUT2D eigenvalue weighted by Crippen LogP contribution is -2.25. The number of ether oxygens (including phenoxy) is 2. The van der Waals surface area contributed by atoms with Gasteiger partial charge in [-0.05, 0) is 80.6 Å². The van der Waals surface area contributed by atoms with Gasteiger partial charge in [0.05, 0.1) is 28.3 Å². The molecule has 3 rings (SSSR count). The van der Waals surface area contributed by atoms with Crippen LogP contribution in [0.1, 0.15) is 30.7 Å². The van der Waals surface area contributed by atoms with E-state index in [4.69, 9.17) is 21.1 Å². The number of aliphatic hydroxyl groups is 3. The van der Waals surface area contributed by atoms with Gasteiger partial charge in [0.25, 0.3) is 0 Å². The van der Waals surface area contributed by atoms with Crippen LogP contribution in [0.3, 0.4) is 0 Å². The fourth-order valence-corrected chi connectivity index (χ4v) is 4.73. The summed E-state index contributed by atoms with van der Waals surface area (Å²) < 4.78 is 14.5. The minimum absolute atomic E-state index is 0.0854. The van der Waals surface area contributed by atoms with Crippen LogP contribution in [-0.2, 0) is 18.6 Å². The van der Waals surface area contributed by atoms with E-state index in [1.165, 1.54) is 4.68 Å². The minimum atomic E-state index is -0.803. The van der Waals surface area contributed by atoms with E-state index in [0.717, 1.165) is 14.7 Å². The van der Waals surface area contributed by atoms with Gasteiger partial charge in [0.1, 0.15) is 40.6 Å². The Morgan fingerprint density at radius 2 is 1.66 bits per heavy atom. The van der Waals surface area contributed by atoms with Crippen molar-refractivity contribution >= 4 is 56.8 Å². The molecule has 1 aromatic heterocycles. The van der Waals surface area contributed by atoms with Crippen LogP contribution in [0.2, 0.25) is 0 Å². The monoisotopic (exact) mass is 727 g/mol. The zero-order chi connectivity index (χ0) is 25.6. The summed E-state index contributed by atoms with van der Waals surface area (Å²) in [4.78, 5) is 0. The molecule has 0 aliphatic rings. The highest BCUT2D eigenvalue weighted by Gasteiger charge is 2.24. The number of rotatable bonds is 12. The second kappa shape index (κ2) is 12.9. The first-order valence-corrected chi connectivity index (χ1v) is 13.6. The Balaban J connectivity index is 1.61. The van der Waals surface area contributed by atoms with Crippen molar-refractivity contribution in [1.29, 1.82) is 0 Å². The van der Waals surface area contributed by atoms with Gasteiger partial charge in [0.15, 0.2) is 0 Å². The van der Waals surface area contributed by atoms with Crippen molar-refractivity contribution in [2.45, 2.75) is 44.6 Å². The fourth-order valence-electron chi connectivity index (χ4n) is 3.42. The average molecular weight is 728 g/mol. The van der Waals surface area contributed by atoms with Crippen LogP contribution in [0.4, 0.5) is 0 Å². The summed E-state index contributed by atoms with van der Waals surface area (Å²) in [7, 11) is 0. The molecule has 3 N–H and O–H groups in total. The minimum Gasteiger partial charge on any atom is -0.491 e. The molecule has 0 saturated heterocycles. The van der Waals surface area contributed by atoms with Gasteiger partial charge in [0, 0.05) is 5.41 Å². The Kier molecular flexibility index (Phi) is 10.4. The predicted molar refractivity (Wildman–Crippen MR) is 150 cm³/mol. The lowest BCUT2D eigenvalue weighted by molar-refractivity contribution is 0.0866. The van der Waals surface area contributed by atoms with Crippen molar-refractivity contribution in [3.05, 3.63) is 66.6 Å². The number of benzene rings is 2. The molecule has 0 amide bonds. The van der Waals surface area contributed by atoms with Crippen molar-refractivity contribution in [2.75, 3.05) is 19.1 Å². The molecule has 0 fully saturated rings. The van der Waals surface area contributed by atoms with E-state index in [1.807, 2.05) is 59.0 Å². The Morgan fingerprint density at radius 3 is 2.29 bits per heavy atom. The molecule has 2 atom stereocenters. The van der Waals surface area contributed by atoms with E-state index >= 15 is 0 Å². The lowest BCUT2D eigenvalue weighted by Gasteiger charge is -2.27. The molecule has 1 heterocycles. The van der Waals surface area contributed by atoms with E-state index < -0.39 is 12.2 Å². The highest BCUT2D eigenvalue weighted by atomic mass is 127. The third-order valence-electron chi connectivity index (χ3n) is 5.60. The summed E-state index contributed by atoms with van der Waals surface area (Å²) in [5, 5.41) is 37.2. The molecule has 0 unspecified atom stereocenters. The molecule has 35 heavy (non-hydrogen) atoms. The first kappa shape index (κ1) is 28.4. The van der Waals surface area contributed by atoms with Crippen LogP contribution in [-0.4, -0.2) is 61.6 Å². The van der Waals surface area contributed by atoms with E-state index in [9.17, 15) is 15.3 Å². The predicted octanol–water partition coefficient (Wildman–Crippen LogP) is 3.72. The molecule has 0 saturated carbocycles. The van der Waals surface area contributed by atoms with Gasteiger partial charge < -0.3 is 24.8 Å². The summed E-state index contributed by atoms with van der Waals surface area (Å²) in [6.07, 6.45) is -1.50. The van der Waals surface area contributed by atoms with E-state index in [1.54, 1.807) is 0 Å². The lowest BCUT2D eigenvalue weighted by atomic mass is 9.78. The molecule has 0 spiro atoms. The molecular weight excluding hydrogens is 700 g/mol. The maximum Gasteiger partial charge on any atom is 0.149 e. The molecule has 0 radical (unpaired) electrons. The van der Waals surface area contributed by atoms with Crippen molar-refractivity contribution < 1.29 is 24.8 Å². The van der Waals surface area contributed by atoms with Gasteiger partial charge in [-0.3, -0.25) is 0 Å². The molecule has 190 valence electrons. The van der Waals surface area contributed by atoms with Crippen molar-refractivity contribution in [3.63, 3.8) is 0 Å². The number of nitrogens with zero attached hydrogens (tertiary/aromatic N) is 3. The van der Waals surface area contributed by atoms with Crippen LogP contribution in [0.15, 0.2) is 42.5 Å². The Labute approximate surface area is 236 Å². The first-order valence-electron chi connectivity index (χ1n) is 10.9. The third-order valence-corrected chi connectivity index (χ3v) is 7.64. The Hall–Kier alpha value is -1.19. The second-order valence-corrected chi connectivity index (χ2v) is 11.0.